The monoisotopic (exact) mass is 475 g/mol. The number of hydrogen-bond donors (Lipinski definition) is 0. The lowest BCUT2D eigenvalue weighted by atomic mass is 9.97. The number of piperidine rings is 1. The quantitative estimate of drug-likeness (QED) is 0.412. The van der Waals surface area contributed by atoms with Gasteiger partial charge in [0.1, 0.15) is 17.2 Å². The molecule has 1 fully saturated rings. The molecule has 0 spiro atoms. The van der Waals surface area contributed by atoms with Gasteiger partial charge in [0.05, 0.1) is 30.1 Å². The molecule has 0 aliphatic carbocycles. The van der Waals surface area contributed by atoms with Crippen molar-refractivity contribution < 1.29 is 4.74 Å². The highest BCUT2D eigenvalue weighted by molar-refractivity contribution is 7.16. The van der Waals surface area contributed by atoms with Crippen LogP contribution in [0, 0.1) is 6.92 Å². The van der Waals surface area contributed by atoms with Gasteiger partial charge < -0.3 is 14.2 Å². The SMILES string of the molecule is COc1nc(-c2nc3n(n2)CCCC3c2ccc(N3CCCCC3)s2)ccc1-n1cnc(C)c1. The molecule has 0 aromatic carbocycles. The summed E-state index contributed by atoms with van der Waals surface area (Å²) < 4.78 is 9.59. The van der Waals surface area contributed by atoms with Crippen molar-refractivity contribution in [1.29, 1.82) is 0 Å². The smallest absolute Gasteiger partial charge is 0.238 e. The van der Waals surface area contributed by atoms with Crippen LogP contribution in [0.4, 0.5) is 5.00 Å². The Balaban J connectivity index is 1.30. The lowest BCUT2D eigenvalue weighted by Gasteiger charge is -2.27. The third-order valence-corrected chi connectivity index (χ3v) is 8.01. The summed E-state index contributed by atoms with van der Waals surface area (Å²) in [6.45, 7) is 5.21. The van der Waals surface area contributed by atoms with Crippen LogP contribution >= 0.6 is 11.3 Å². The Morgan fingerprint density at radius 3 is 2.68 bits per heavy atom. The van der Waals surface area contributed by atoms with Crippen LogP contribution in [0.5, 0.6) is 5.88 Å². The minimum atomic E-state index is 0.286. The van der Waals surface area contributed by atoms with E-state index < -0.39 is 0 Å². The van der Waals surface area contributed by atoms with Crippen LogP contribution in [-0.2, 0) is 6.54 Å². The lowest BCUT2D eigenvalue weighted by Crippen LogP contribution is -2.28. The van der Waals surface area contributed by atoms with Gasteiger partial charge in [-0.15, -0.1) is 16.4 Å². The predicted molar refractivity (Wildman–Crippen MR) is 133 cm³/mol. The van der Waals surface area contributed by atoms with Crippen molar-refractivity contribution in [2.75, 3.05) is 25.1 Å². The number of nitrogens with zero attached hydrogens (tertiary/aromatic N) is 7. The number of pyridine rings is 1. The zero-order valence-corrected chi connectivity index (χ0v) is 20.5. The van der Waals surface area contributed by atoms with Gasteiger partial charge in [0.2, 0.25) is 5.88 Å². The standard InChI is InChI=1S/C25H29N7OS/c1-17-15-31(16-26-17)20-9-8-19(27-25(20)33-2)23-28-24-18(7-6-14-32(24)29-23)21-10-11-22(34-21)30-12-4-3-5-13-30/h8-11,15-16,18H,3-7,12-14H2,1-2H3. The molecule has 0 amide bonds. The first kappa shape index (κ1) is 21.3. The first-order valence-electron chi connectivity index (χ1n) is 12.1. The molecule has 1 saturated heterocycles. The molecule has 6 heterocycles. The Bertz CT molecular complexity index is 1300. The molecular formula is C25H29N7OS. The van der Waals surface area contributed by atoms with E-state index in [9.17, 15) is 0 Å². The van der Waals surface area contributed by atoms with Gasteiger partial charge in [-0.1, -0.05) is 0 Å². The molecule has 6 rings (SSSR count). The Morgan fingerprint density at radius 1 is 1.00 bits per heavy atom. The minimum absolute atomic E-state index is 0.286. The number of fused-ring (bicyclic) bond motifs is 1. The Hall–Kier alpha value is -3.20. The van der Waals surface area contributed by atoms with Crippen molar-refractivity contribution >= 4 is 16.3 Å². The molecule has 8 nitrogen and oxygen atoms in total. The van der Waals surface area contributed by atoms with Gasteiger partial charge >= 0.3 is 0 Å². The number of aryl methyl sites for hydroxylation is 2. The van der Waals surface area contributed by atoms with Crippen LogP contribution in [-0.4, -0.2) is 49.5 Å². The van der Waals surface area contributed by atoms with Gasteiger partial charge in [-0.2, -0.15) is 0 Å². The molecule has 0 bridgehead atoms. The summed E-state index contributed by atoms with van der Waals surface area (Å²) >= 11 is 1.92. The second-order valence-electron chi connectivity index (χ2n) is 9.08. The van der Waals surface area contributed by atoms with Gasteiger partial charge in [0, 0.05) is 30.7 Å². The van der Waals surface area contributed by atoms with Crippen LogP contribution in [0.25, 0.3) is 17.2 Å². The number of ether oxygens (including phenoxy) is 1. The average molecular weight is 476 g/mol. The summed E-state index contributed by atoms with van der Waals surface area (Å²) in [7, 11) is 1.64. The summed E-state index contributed by atoms with van der Waals surface area (Å²) in [5, 5.41) is 6.23. The van der Waals surface area contributed by atoms with Crippen LogP contribution in [0.15, 0.2) is 36.8 Å². The number of rotatable bonds is 5. The lowest BCUT2D eigenvalue weighted by molar-refractivity contribution is 0.396. The Labute approximate surface area is 203 Å². The van der Waals surface area contributed by atoms with Crippen LogP contribution < -0.4 is 9.64 Å². The van der Waals surface area contributed by atoms with Crippen molar-refractivity contribution in [3.8, 4) is 23.1 Å². The minimum Gasteiger partial charge on any atom is -0.479 e. The fraction of sp³-hybridized carbons (Fsp3) is 0.440. The van der Waals surface area contributed by atoms with Gasteiger partial charge in [0.15, 0.2) is 5.82 Å². The number of hydrogen-bond acceptors (Lipinski definition) is 7. The van der Waals surface area contributed by atoms with Gasteiger partial charge in [-0.3, -0.25) is 0 Å². The molecule has 2 aliphatic heterocycles. The highest BCUT2D eigenvalue weighted by atomic mass is 32.1. The third-order valence-electron chi connectivity index (χ3n) is 6.75. The second kappa shape index (κ2) is 8.87. The van der Waals surface area contributed by atoms with Crippen LogP contribution in [0.2, 0.25) is 0 Å². The maximum atomic E-state index is 5.60. The van der Waals surface area contributed by atoms with Crippen LogP contribution in [0.3, 0.4) is 0 Å². The molecule has 1 atom stereocenters. The summed E-state index contributed by atoms with van der Waals surface area (Å²) in [5.41, 5.74) is 2.51. The van der Waals surface area contributed by atoms with Gasteiger partial charge in [-0.05, 0) is 63.3 Å². The molecule has 0 N–H and O–H groups in total. The van der Waals surface area contributed by atoms with E-state index in [2.05, 4.69) is 26.7 Å². The fourth-order valence-electron chi connectivity index (χ4n) is 5.00. The van der Waals surface area contributed by atoms with E-state index in [0.717, 1.165) is 42.3 Å². The average Bonchev–Trinajstić information content (AvgIpc) is 3.63. The molecule has 176 valence electrons. The number of anilines is 1. The third kappa shape index (κ3) is 3.87. The van der Waals surface area contributed by atoms with E-state index in [0.29, 0.717) is 11.7 Å². The first-order valence-corrected chi connectivity index (χ1v) is 12.9. The van der Waals surface area contributed by atoms with Crippen molar-refractivity contribution in [2.24, 2.45) is 0 Å². The van der Waals surface area contributed by atoms with Crippen molar-refractivity contribution in [1.82, 2.24) is 29.3 Å². The first-order chi connectivity index (χ1) is 16.7. The van der Waals surface area contributed by atoms with Gasteiger partial charge in [0.25, 0.3) is 0 Å². The van der Waals surface area contributed by atoms with E-state index in [4.69, 9.17) is 19.8 Å². The molecule has 0 saturated carbocycles. The molecule has 9 heteroatoms. The maximum Gasteiger partial charge on any atom is 0.238 e. The van der Waals surface area contributed by atoms with E-state index in [1.165, 1.54) is 42.2 Å². The van der Waals surface area contributed by atoms with Crippen molar-refractivity contribution in [3.63, 3.8) is 0 Å². The molecular weight excluding hydrogens is 446 g/mol. The Kier molecular flexibility index (Phi) is 5.57. The van der Waals surface area contributed by atoms with Crippen molar-refractivity contribution in [2.45, 2.75) is 51.5 Å². The summed E-state index contributed by atoms with van der Waals surface area (Å²) in [4.78, 5) is 18.0. The number of imidazole rings is 1. The summed E-state index contributed by atoms with van der Waals surface area (Å²) in [5.74, 6) is 2.52. The number of aromatic nitrogens is 6. The summed E-state index contributed by atoms with van der Waals surface area (Å²) in [6, 6.07) is 8.55. The highest BCUT2D eigenvalue weighted by Gasteiger charge is 2.28. The molecule has 2 aliphatic rings. The zero-order valence-electron chi connectivity index (χ0n) is 19.6. The largest absolute Gasteiger partial charge is 0.479 e. The summed E-state index contributed by atoms with van der Waals surface area (Å²) in [6.07, 6.45) is 9.88. The number of thiophene rings is 1. The predicted octanol–water partition coefficient (Wildman–Crippen LogP) is 4.82. The van der Waals surface area contributed by atoms with E-state index in [1.807, 2.05) is 41.2 Å². The van der Waals surface area contributed by atoms with Crippen molar-refractivity contribution in [3.05, 3.63) is 53.2 Å². The van der Waals surface area contributed by atoms with E-state index in [1.54, 1.807) is 13.4 Å². The molecule has 1 unspecified atom stereocenters. The highest BCUT2D eigenvalue weighted by Crippen LogP contribution is 2.40. The molecule has 0 radical (unpaired) electrons. The second-order valence-corrected chi connectivity index (χ2v) is 10.2. The topological polar surface area (TPSA) is 73.9 Å². The maximum absolute atomic E-state index is 5.60. The number of methoxy groups -OCH3 is 1. The fourth-order valence-corrected chi connectivity index (χ4v) is 6.19. The van der Waals surface area contributed by atoms with Crippen LogP contribution in [0.1, 0.15) is 54.4 Å². The van der Waals surface area contributed by atoms with E-state index >= 15 is 0 Å². The normalized spacial score (nSPS) is 18.2. The molecule has 34 heavy (non-hydrogen) atoms. The van der Waals surface area contributed by atoms with Gasteiger partial charge in [-0.25, -0.2) is 19.6 Å². The Morgan fingerprint density at radius 2 is 1.88 bits per heavy atom. The zero-order chi connectivity index (χ0) is 23.1. The molecule has 4 aromatic rings. The molecule has 4 aromatic heterocycles. The van der Waals surface area contributed by atoms with E-state index in [-0.39, 0.29) is 5.92 Å².